The molecular weight excluding hydrogens is 326 g/mol. The van der Waals surface area contributed by atoms with Gasteiger partial charge in [0, 0.05) is 19.2 Å². The molecule has 0 bridgehead atoms. The SMILES string of the molecule is CC(=O)N1C=Cc2ccccc2[C@H]1CC(=O)Nc1cc(F)ccc1F. The lowest BCUT2D eigenvalue weighted by Gasteiger charge is -2.32. The lowest BCUT2D eigenvalue weighted by atomic mass is 9.93. The highest BCUT2D eigenvalue weighted by molar-refractivity contribution is 5.92. The Bertz CT molecular complexity index is 864. The monoisotopic (exact) mass is 342 g/mol. The minimum Gasteiger partial charge on any atom is -0.323 e. The summed E-state index contributed by atoms with van der Waals surface area (Å²) in [6.07, 6.45) is 3.36. The summed E-state index contributed by atoms with van der Waals surface area (Å²) in [4.78, 5) is 25.7. The molecule has 2 aromatic rings. The Kier molecular flexibility index (Phi) is 4.61. The molecule has 1 N–H and O–H groups in total. The van der Waals surface area contributed by atoms with Gasteiger partial charge >= 0.3 is 0 Å². The van der Waals surface area contributed by atoms with E-state index in [1.54, 1.807) is 12.3 Å². The van der Waals surface area contributed by atoms with E-state index >= 15 is 0 Å². The van der Waals surface area contributed by atoms with Crippen molar-refractivity contribution in [2.24, 2.45) is 0 Å². The van der Waals surface area contributed by atoms with E-state index in [1.807, 2.05) is 24.3 Å². The Morgan fingerprint density at radius 2 is 1.92 bits per heavy atom. The number of hydrogen-bond acceptors (Lipinski definition) is 2. The summed E-state index contributed by atoms with van der Waals surface area (Å²) >= 11 is 0. The molecule has 0 saturated carbocycles. The smallest absolute Gasteiger partial charge is 0.226 e. The predicted octanol–water partition coefficient (Wildman–Crippen LogP) is 3.87. The standard InChI is InChI=1S/C19H16F2N2O2/c1-12(24)23-9-8-13-4-2-3-5-15(13)18(23)11-19(25)22-17-10-14(20)6-7-16(17)21/h2-10,18H,11H2,1H3,(H,22,25)/t18-/m1/s1. The van der Waals surface area contributed by atoms with Crippen LogP contribution >= 0.6 is 0 Å². The summed E-state index contributed by atoms with van der Waals surface area (Å²) in [5.74, 6) is -2.08. The highest BCUT2D eigenvalue weighted by atomic mass is 19.1. The molecule has 2 amide bonds. The molecule has 0 aliphatic carbocycles. The number of rotatable bonds is 3. The summed E-state index contributed by atoms with van der Waals surface area (Å²) < 4.78 is 26.9. The fourth-order valence-corrected chi connectivity index (χ4v) is 2.88. The second kappa shape index (κ2) is 6.84. The maximum Gasteiger partial charge on any atom is 0.226 e. The first kappa shape index (κ1) is 16.8. The molecule has 0 saturated heterocycles. The Labute approximate surface area is 143 Å². The minimum absolute atomic E-state index is 0.0725. The van der Waals surface area contributed by atoms with Gasteiger partial charge in [-0.1, -0.05) is 24.3 Å². The topological polar surface area (TPSA) is 49.4 Å². The number of amides is 2. The number of anilines is 1. The zero-order chi connectivity index (χ0) is 18.0. The van der Waals surface area contributed by atoms with Crippen molar-refractivity contribution >= 4 is 23.6 Å². The van der Waals surface area contributed by atoms with Gasteiger partial charge in [0.1, 0.15) is 11.6 Å². The number of fused-ring (bicyclic) bond motifs is 1. The van der Waals surface area contributed by atoms with Gasteiger partial charge in [0.15, 0.2) is 0 Å². The van der Waals surface area contributed by atoms with Crippen molar-refractivity contribution in [3.8, 4) is 0 Å². The molecule has 1 aliphatic rings. The number of nitrogens with zero attached hydrogens (tertiary/aromatic N) is 1. The third kappa shape index (κ3) is 3.57. The number of carbonyl (C=O) groups excluding carboxylic acids is 2. The minimum atomic E-state index is -0.720. The molecule has 0 fully saturated rings. The lowest BCUT2D eigenvalue weighted by molar-refractivity contribution is -0.129. The van der Waals surface area contributed by atoms with E-state index in [4.69, 9.17) is 0 Å². The van der Waals surface area contributed by atoms with Crippen LogP contribution in [-0.4, -0.2) is 16.7 Å². The second-order valence-electron chi connectivity index (χ2n) is 5.76. The average Bonchev–Trinajstić information content (AvgIpc) is 2.58. The highest BCUT2D eigenvalue weighted by Gasteiger charge is 2.28. The van der Waals surface area contributed by atoms with Crippen LogP contribution in [0.4, 0.5) is 14.5 Å². The van der Waals surface area contributed by atoms with Crippen molar-refractivity contribution in [3.05, 3.63) is 71.4 Å². The van der Waals surface area contributed by atoms with Gasteiger partial charge in [-0.3, -0.25) is 9.59 Å². The first-order chi connectivity index (χ1) is 12.0. The van der Waals surface area contributed by atoms with Crippen LogP contribution in [0.2, 0.25) is 0 Å². The van der Waals surface area contributed by atoms with Crippen LogP contribution in [-0.2, 0) is 9.59 Å². The second-order valence-corrected chi connectivity index (χ2v) is 5.76. The maximum atomic E-state index is 13.7. The molecule has 2 aromatic carbocycles. The van der Waals surface area contributed by atoms with Crippen molar-refractivity contribution in [3.63, 3.8) is 0 Å². The first-order valence-electron chi connectivity index (χ1n) is 7.76. The molecule has 0 aromatic heterocycles. The molecule has 1 heterocycles. The summed E-state index contributed by atoms with van der Waals surface area (Å²) in [6.45, 7) is 1.41. The van der Waals surface area contributed by atoms with Gasteiger partial charge < -0.3 is 10.2 Å². The molecule has 0 spiro atoms. The van der Waals surface area contributed by atoms with E-state index in [9.17, 15) is 18.4 Å². The quantitative estimate of drug-likeness (QED) is 0.921. The number of carbonyl (C=O) groups is 2. The van der Waals surface area contributed by atoms with Crippen LogP contribution in [0.3, 0.4) is 0 Å². The Hall–Kier alpha value is -3.02. The molecule has 4 nitrogen and oxygen atoms in total. The summed E-state index contributed by atoms with van der Waals surface area (Å²) in [5, 5.41) is 2.37. The molecule has 6 heteroatoms. The third-order valence-corrected chi connectivity index (χ3v) is 4.05. The average molecular weight is 342 g/mol. The van der Waals surface area contributed by atoms with Gasteiger partial charge in [0.2, 0.25) is 11.8 Å². The van der Waals surface area contributed by atoms with Crippen LogP contribution in [0.25, 0.3) is 6.08 Å². The van der Waals surface area contributed by atoms with Crippen molar-refractivity contribution in [1.82, 2.24) is 4.90 Å². The zero-order valence-corrected chi connectivity index (χ0v) is 13.5. The molecule has 25 heavy (non-hydrogen) atoms. The lowest BCUT2D eigenvalue weighted by Crippen LogP contribution is -2.33. The number of hydrogen-bond donors (Lipinski definition) is 1. The molecular formula is C19H16F2N2O2. The fraction of sp³-hybridized carbons (Fsp3) is 0.158. The number of halogens is 2. The highest BCUT2D eigenvalue weighted by Crippen LogP contribution is 2.33. The van der Waals surface area contributed by atoms with Gasteiger partial charge in [-0.25, -0.2) is 8.78 Å². The number of benzene rings is 2. The van der Waals surface area contributed by atoms with Crippen LogP contribution in [0.1, 0.15) is 30.5 Å². The van der Waals surface area contributed by atoms with Gasteiger partial charge in [-0.15, -0.1) is 0 Å². The van der Waals surface area contributed by atoms with Crippen LogP contribution in [0.5, 0.6) is 0 Å². The van der Waals surface area contributed by atoms with Gasteiger partial charge in [0.25, 0.3) is 0 Å². The Morgan fingerprint density at radius 3 is 2.68 bits per heavy atom. The van der Waals surface area contributed by atoms with E-state index in [-0.39, 0.29) is 18.0 Å². The fourth-order valence-electron chi connectivity index (χ4n) is 2.88. The van der Waals surface area contributed by atoms with Gasteiger partial charge in [-0.2, -0.15) is 0 Å². The first-order valence-corrected chi connectivity index (χ1v) is 7.76. The maximum absolute atomic E-state index is 13.7. The van der Waals surface area contributed by atoms with Crippen LogP contribution in [0, 0.1) is 11.6 Å². The van der Waals surface area contributed by atoms with Gasteiger partial charge in [-0.05, 0) is 29.3 Å². The molecule has 128 valence electrons. The van der Waals surface area contributed by atoms with Crippen LogP contribution in [0.15, 0.2) is 48.7 Å². The molecule has 0 unspecified atom stereocenters. The van der Waals surface area contributed by atoms with Crippen molar-refractivity contribution in [2.45, 2.75) is 19.4 Å². The van der Waals surface area contributed by atoms with Crippen molar-refractivity contribution in [1.29, 1.82) is 0 Å². The van der Waals surface area contributed by atoms with Crippen LogP contribution < -0.4 is 5.32 Å². The van der Waals surface area contributed by atoms with Crippen molar-refractivity contribution < 1.29 is 18.4 Å². The summed E-state index contributed by atoms with van der Waals surface area (Å²) in [5.41, 5.74) is 1.52. The molecule has 0 radical (unpaired) electrons. The third-order valence-electron chi connectivity index (χ3n) is 4.05. The van der Waals surface area contributed by atoms with E-state index in [2.05, 4.69) is 5.32 Å². The van der Waals surface area contributed by atoms with E-state index in [0.717, 1.165) is 29.3 Å². The van der Waals surface area contributed by atoms with Gasteiger partial charge in [0.05, 0.1) is 18.2 Å². The van der Waals surface area contributed by atoms with E-state index < -0.39 is 23.6 Å². The molecule has 3 rings (SSSR count). The Balaban J connectivity index is 1.84. The van der Waals surface area contributed by atoms with E-state index in [0.29, 0.717) is 0 Å². The zero-order valence-electron chi connectivity index (χ0n) is 13.5. The summed E-state index contributed by atoms with van der Waals surface area (Å²) in [6, 6.07) is 9.77. The van der Waals surface area contributed by atoms with E-state index in [1.165, 1.54) is 11.8 Å². The predicted molar refractivity (Wildman–Crippen MR) is 90.3 cm³/mol. The normalized spacial score (nSPS) is 15.6. The number of nitrogens with one attached hydrogen (secondary N) is 1. The summed E-state index contributed by atoms with van der Waals surface area (Å²) in [7, 11) is 0. The molecule has 1 atom stereocenters. The largest absolute Gasteiger partial charge is 0.323 e. The Morgan fingerprint density at radius 1 is 1.16 bits per heavy atom. The van der Waals surface area contributed by atoms with Crippen molar-refractivity contribution in [2.75, 3.05) is 5.32 Å². The molecule has 1 aliphatic heterocycles.